The molecule has 0 N–H and O–H groups in total. The molecule has 0 spiro atoms. The highest BCUT2D eigenvalue weighted by atomic mass is 32.1. The summed E-state index contributed by atoms with van der Waals surface area (Å²) in [6.07, 6.45) is 4.47. The van der Waals surface area contributed by atoms with Crippen molar-refractivity contribution in [2.24, 2.45) is 0 Å². The van der Waals surface area contributed by atoms with Crippen LogP contribution in [-0.2, 0) is 5.41 Å². The largest absolute Gasteiger partial charge is 0.374 e. The molecular weight excluding hydrogens is 324 g/mol. The van der Waals surface area contributed by atoms with Crippen molar-refractivity contribution in [3.8, 4) is 0 Å². The van der Waals surface area contributed by atoms with Gasteiger partial charge in [-0.1, -0.05) is 30.3 Å². The molecule has 0 atom stereocenters. The third-order valence-electron chi connectivity index (χ3n) is 5.14. The average molecular weight is 352 g/mol. The maximum atomic E-state index is 4.30. The maximum absolute atomic E-state index is 4.30. The molecule has 1 heterocycles. The topological polar surface area (TPSA) is 6.25 Å². The van der Waals surface area contributed by atoms with E-state index in [4.69, 9.17) is 0 Å². The fourth-order valence-electron chi connectivity index (χ4n) is 3.60. The van der Waals surface area contributed by atoms with Crippen LogP contribution in [0.5, 0.6) is 0 Å². The Morgan fingerprint density at radius 1 is 1.04 bits per heavy atom. The lowest BCUT2D eigenvalue weighted by Crippen LogP contribution is -2.26. The van der Waals surface area contributed by atoms with E-state index in [9.17, 15) is 0 Å². The molecule has 2 aromatic rings. The number of thiol groups is 1. The Bertz CT molecular complexity index is 816. The molecule has 3 rings (SSSR count). The molecule has 25 heavy (non-hydrogen) atoms. The predicted molar refractivity (Wildman–Crippen MR) is 113 cm³/mol. The van der Waals surface area contributed by atoms with Crippen molar-refractivity contribution in [3.63, 3.8) is 0 Å². The van der Waals surface area contributed by atoms with Gasteiger partial charge in [0.2, 0.25) is 5.69 Å². The van der Waals surface area contributed by atoms with Crippen LogP contribution >= 0.6 is 12.6 Å². The molecule has 0 radical (unpaired) electrons. The minimum Gasteiger partial charge on any atom is -0.374 e. The van der Waals surface area contributed by atoms with E-state index in [1.165, 1.54) is 28.2 Å². The Balaban J connectivity index is 1.84. The maximum Gasteiger partial charge on any atom is 0.209 e. The van der Waals surface area contributed by atoms with E-state index < -0.39 is 0 Å². The van der Waals surface area contributed by atoms with Crippen molar-refractivity contribution >= 4 is 35.8 Å². The molecule has 0 bridgehead atoms. The van der Waals surface area contributed by atoms with Gasteiger partial charge in [-0.05, 0) is 37.6 Å². The van der Waals surface area contributed by atoms with Gasteiger partial charge < -0.3 is 4.90 Å². The van der Waals surface area contributed by atoms with Crippen LogP contribution in [0.1, 0.15) is 25.0 Å². The summed E-state index contributed by atoms with van der Waals surface area (Å²) in [7, 11) is 4.26. The third-order valence-corrected chi connectivity index (χ3v) is 5.34. The SMILES string of the molecule is CN(CCS)c1ccc(/C=C/C2=[N+](C)c3ccccc3C2(C)C)cc1. The summed E-state index contributed by atoms with van der Waals surface area (Å²) in [5.41, 5.74) is 6.48. The van der Waals surface area contributed by atoms with Gasteiger partial charge in [0.1, 0.15) is 7.05 Å². The molecule has 3 heteroatoms. The van der Waals surface area contributed by atoms with Crippen LogP contribution in [0.25, 0.3) is 6.08 Å². The fourth-order valence-corrected chi connectivity index (χ4v) is 3.90. The van der Waals surface area contributed by atoms with E-state index in [1.54, 1.807) is 0 Å². The number of allylic oxidation sites excluding steroid dienone is 1. The van der Waals surface area contributed by atoms with E-state index in [0.717, 1.165) is 12.3 Å². The fraction of sp³-hybridized carbons (Fsp3) is 0.318. The van der Waals surface area contributed by atoms with E-state index in [2.05, 4.69) is 111 Å². The lowest BCUT2D eigenvalue weighted by molar-refractivity contribution is -0.401. The Kier molecular flexibility index (Phi) is 5.05. The van der Waals surface area contributed by atoms with Crippen molar-refractivity contribution in [2.75, 3.05) is 31.3 Å². The van der Waals surface area contributed by atoms with Gasteiger partial charge >= 0.3 is 0 Å². The summed E-state index contributed by atoms with van der Waals surface area (Å²) in [6, 6.07) is 17.4. The van der Waals surface area contributed by atoms with Crippen LogP contribution in [0.2, 0.25) is 0 Å². The number of hydrogen-bond donors (Lipinski definition) is 1. The molecule has 2 aromatic carbocycles. The van der Waals surface area contributed by atoms with Crippen molar-refractivity contribution in [1.82, 2.24) is 0 Å². The molecule has 0 amide bonds. The minimum atomic E-state index is 0.0224. The molecule has 0 saturated heterocycles. The van der Waals surface area contributed by atoms with Crippen LogP contribution in [0, 0.1) is 0 Å². The van der Waals surface area contributed by atoms with E-state index in [-0.39, 0.29) is 5.41 Å². The molecule has 2 nitrogen and oxygen atoms in total. The van der Waals surface area contributed by atoms with Crippen molar-refractivity contribution in [3.05, 3.63) is 65.7 Å². The number of rotatable bonds is 5. The molecule has 1 aliphatic heterocycles. The van der Waals surface area contributed by atoms with Crippen molar-refractivity contribution in [2.45, 2.75) is 19.3 Å². The van der Waals surface area contributed by atoms with E-state index in [1.807, 2.05) is 0 Å². The average Bonchev–Trinajstić information content (AvgIpc) is 2.81. The highest BCUT2D eigenvalue weighted by molar-refractivity contribution is 7.80. The van der Waals surface area contributed by atoms with Crippen LogP contribution < -0.4 is 4.90 Å². The lowest BCUT2D eigenvalue weighted by atomic mass is 9.81. The molecule has 1 aliphatic rings. The summed E-state index contributed by atoms with van der Waals surface area (Å²) in [5.74, 6) is 0.860. The second kappa shape index (κ2) is 7.09. The second-order valence-corrected chi connectivity index (χ2v) is 7.60. The normalized spacial score (nSPS) is 15.7. The van der Waals surface area contributed by atoms with Crippen LogP contribution in [-0.4, -0.2) is 36.7 Å². The molecular formula is C22H27N2S+. The molecule has 0 unspecified atom stereocenters. The van der Waals surface area contributed by atoms with Gasteiger partial charge in [0, 0.05) is 42.7 Å². The van der Waals surface area contributed by atoms with Gasteiger partial charge in [-0.2, -0.15) is 17.2 Å². The van der Waals surface area contributed by atoms with Gasteiger partial charge in [0.15, 0.2) is 5.71 Å². The van der Waals surface area contributed by atoms with E-state index >= 15 is 0 Å². The number of nitrogens with zero attached hydrogens (tertiary/aromatic N) is 2. The highest BCUT2D eigenvalue weighted by Gasteiger charge is 2.42. The summed E-state index contributed by atoms with van der Waals surface area (Å²) >= 11 is 4.30. The zero-order valence-electron chi connectivity index (χ0n) is 15.5. The van der Waals surface area contributed by atoms with Gasteiger partial charge in [0.05, 0.1) is 5.41 Å². The summed E-state index contributed by atoms with van der Waals surface area (Å²) in [6.45, 7) is 5.54. The molecule has 0 aromatic heterocycles. The first-order valence-electron chi connectivity index (χ1n) is 8.76. The van der Waals surface area contributed by atoms with Gasteiger partial charge in [-0.15, -0.1) is 0 Å². The predicted octanol–water partition coefficient (Wildman–Crippen LogP) is 4.77. The lowest BCUT2D eigenvalue weighted by Gasteiger charge is -2.18. The highest BCUT2D eigenvalue weighted by Crippen LogP contribution is 2.39. The first-order valence-corrected chi connectivity index (χ1v) is 9.39. The van der Waals surface area contributed by atoms with Crippen LogP contribution in [0.4, 0.5) is 11.4 Å². The summed E-state index contributed by atoms with van der Waals surface area (Å²) < 4.78 is 2.31. The smallest absolute Gasteiger partial charge is 0.209 e. The number of anilines is 1. The third kappa shape index (κ3) is 3.38. The summed E-state index contributed by atoms with van der Waals surface area (Å²) in [4.78, 5) is 2.22. The van der Waals surface area contributed by atoms with Crippen LogP contribution in [0.3, 0.4) is 0 Å². The van der Waals surface area contributed by atoms with Crippen LogP contribution in [0.15, 0.2) is 54.6 Å². The molecule has 0 aliphatic carbocycles. The number of benzene rings is 2. The zero-order chi connectivity index (χ0) is 18.0. The molecule has 0 fully saturated rings. The Morgan fingerprint density at radius 2 is 1.72 bits per heavy atom. The second-order valence-electron chi connectivity index (χ2n) is 7.16. The standard InChI is InChI=1S/C22H26N2S/c1-22(2)19-7-5-6-8-20(19)24(4)21(22)14-11-17-9-12-18(13-10-17)23(3)15-16-25/h5-14H,15-16H2,1-4H3/p+1. The Labute approximate surface area is 156 Å². The Hall–Kier alpha value is -2.00. The first-order chi connectivity index (χ1) is 11.9. The molecule has 130 valence electrons. The van der Waals surface area contributed by atoms with Gasteiger partial charge in [-0.3, -0.25) is 0 Å². The Morgan fingerprint density at radius 3 is 2.36 bits per heavy atom. The van der Waals surface area contributed by atoms with E-state index in [0.29, 0.717) is 0 Å². The van der Waals surface area contributed by atoms with Crippen molar-refractivity contribution in [1.29, 1.82) is 0 Å². The quantitative estimate of drug-likeness (QED) is 0.601. The van der Waals surface area contributed by atoms with Crippen molar-refractivity contribution < 1.29 is 4.58 Å². The molecule has 0 saturated carbocycles. The van der Waals surface area contributed by atoms with Gasteiger partial charge in [0.25, 0.3) is 0 Å². The number of para-hydroxylation sites is 1. The minimum absolute atomic E-state index is 0.0224. The monoisotopic (exact) mass is 351 g/mol. The van der Waals surface area contributed by atoms with Gasteiger partial charge in [-0.25, -0.2) is 0 Å². The number of fused-ring (bicyclic) bond motifs is 1. The zero-order valence-corrected chi connectivity index (χ0v) is 16.4. The first kappa shape index (κ1) is 17.8. The number of hydrogen-bond acceptors (Lipinski definition) is 2. The summed E-state index contributed by atoms with van der Waals surface area (Å²) in [5, 5.41) is 0.